The van der Waals surface area contributed by atoms with Crippen LogP contribution in [0.1, 0.15) is 51.0 Å². The minimum absolute atomic E-state index is 0.192. The number of rotatable bonds is 16. The molecule has 2 rings (SSSR count). The van der Waals surface area contributed by atoms with E-state index in [1.54, 1.807) is 12.4 Å². The van der Waals surface area contributed by atoms with Crippen molar-refractivity contribution < 1.29 is 66.5 Å². The number of alkyl halides is 13. The lowest BCUT2D eigenvalue weighted by Crippen LogP contribution is -2.64. The number of aryl methyl sites for hydroxylation is 1. The minimum atomic E-state index is -7.69. The number of hydrogen-bond acceptors (Lipinski definition) is 4. The van der Waals surface area contributed by atoms with Gasteiger partial charge in [0.2, 0.25) is 0 Å². The summed E-state index contributed by atoms with van der Waals surface area (Å²) in [5.74, 6) is -21.6. The van der Waals surface area contributed by atoms with E-state index in [4.69, 9.17) is 0 Å². The van der Waals surface area contributed by atoms with Crippen LogP contribution < -0.4 is 4.74 Å². The predicted octanol–water partition coefficient (Wildman–Crippen LogP) is 9.10. The van der Waals surface area contributed by atoms with Crippen LogP contribution in [-0.2, 0) is 11.2 Å². The zero-order valence-corrected chi connectivity index (χ0v) is 21.7. The minimum Gasteiger partial charge on any atom is -0.487 e. The second kappa shape index (κ2) is 13.2. The third kappa shape index (κ3) is 8.16. The molecule has 1 aromatic carbocycles. The van der Waals surface area contributed by atoms with Crippen molar-refractivity contribution in [2.75, 3.05) is 6.61 Å². The molecular weight excluding hydrogens is 607 g/mol. The molecule has 0 unspecified atom stereocenters. The van der Waals surface area contributed by atoms with Crippen molar-refractivity contribution >= 4 is 0 Å². The zero-order chi connectivity index (χ0) is 32.0. The molecule has 0 saturated carbocycles. The molecule has 0 aliphatic heterocycles. The van der Waals surface area contributed by atoms with Crippen LogP contribution in [-0.4, -0.2) is 52.7 Å². The van der Waals surface area contributed by atoms with E-state index < -0.39 is 48.5 Å². The number of ether oxygens (including phenoxy) is 2. The van der Waals surface area contributed by atoms with Gasteiger partial charge in [-0.15, -0.1) is 0 Å². The Balaban J connectivity index is 2.01. The van der Waals surface area contributed by atoms with Gasteiger partial charge in [-0.1, -0.05) is 39.0 Å². The predicted molar refractivity (Wildman–Crippen MR) is 122 cm³/mol. The zero-order valence-electron chi connectivity index (χ0n) is 21.7. The van der Waals surface area contributed by atoms with Crippen molar-refractivity contribution in [2.45, 2.75) is 88.0 Å². The number of hydrogen-bond donors (Lipinski definition) is 0. The molecule has 0 N–H and O–H groups in total. The maximum absolute atomic E-state index is 13.9. The highest BCUT2D eigenvalue weighted by Crippen LogP contribution is 2.55. The Morgan fingerprint density at radius 2 is 1.17 bits per heavy atom. The standard InChI is InChI=1S/C25H25F13N2O2/c1-2-3-4-5-6-7-8-16-13-39-19(40-14-16)17-9-11-18(12-10-17)41-15-20(26,27)24(35,36)42-25(37,38)22(30,31)21(28,29)23(32,33)34/h9-14H,2-8,15H2,1H3. The maximum atomic E-state index is 13.9. The van der Waals surface area contributed by atoms with E-state index in [0.29, 0.717) is 5.56 Å². The van der Waals surface area contributed by atoms with Crippen LogP contribution in [0.5, 0.6) is 5.75 Å². The Kier molecular flexibility index (Phi) is 11.1. The third-order valence-electron chi connectivity index (χ3n) is 5.86. The summed E-state index contributed by atoms with van der Waals surface area (Å²) in [4.78, 5) is 8.33. The first kappa shape index (κ1) is 35.3. The molecule has 0 aliphatic rings. The highest BCUT2D eigenvalue weighted by atomic mass is 19.4. The molecule has 0 spiro atoms. The van der Waals surface area contributed by atoms with Gasteiger partial charge in [-0.05, 0) is 42.7 Å². The summed E-state index contributed by atoms with van der Waals surface area (Å²) in [6.07, 6.45) is -11.0. The highest BCUT2D eigenvalue weighted by Gasteiger charge is 2.84. The molecule has 1 aromatic heterocycles. The summed E-state index contributed by atoms with van der Waals surface area (Å²) in [7, 11) is 0. The second-order valence-corrected chi connectivity index (χ2v) is 9.23. The van der Waals surface area contributed by atoms with Gasteiger partial charge in [0.1, 0.15) is 5.75 Å². The van der Waals surface area contributed by atoms with Crippen molar-refractivity contribution in [2.24, 2.45) is 0 Å². The summed E-state index contributed by atoms with van der Waals surface area (Å²) < 4.78 is 176. The molecule has 0 aliphatic carbocycles. The molecule has 17 heteroatoms. The maximum Gasteiger partial charge on any atom is 0.460 e. The fourth-order valence-corrected chi connectivity index (χ4v) is 3.36. The molecule has 0 bridgehead atoms. The Morgan fingerprint density at radius 1 is 0.643 bits per heavy atom. The normalized spacial score (nSPS) is 13.9. The van der Waals surface area contributed by atoms with Gasteiger partial charge in [0.05, 0.1) is 0 Å². The van der Waals surface area contributed by atoms with Crippen LogP contribution >= 0.6 is 0 Å². The molecule has 2 aromatic rings. The number of unbranched alkanes of at least 4 members (excludes halogenated alkanes) is 5. The number of halogens is 13. The average Bonchev–Trinajstić information content (AvgIpc) is 2.88. The van der Waals surface area contributed by atoms with E-state index in [1.165, 1.54) is 18.6 Å². The Hall–Kier alpha value is -2.85. The summed E-state index contributed by atoms with van der Waals surface area (Å²) in [6, 6.07) is 4.31. The van der Waals surface area contributed by atoms with Gasteiger partial charge in [0.25, 0.3) is 0 Å². The van der Waals surface area contributed by atoms with E-state index in [1.807, 2.05) is 4.74 Å². The molecule has 238 valence electrons. The van der Waals surface area contributed by atoms with E-state index >= 15 is 0 Å². The second-order valence-electron chi connectivity index (χ2n) is 9.23. The van der Waals surface area contributed by atoms with Crippen LogP contribution in [0.25, 0.3) is 11.4 Å². The van der Waals surface area contributed by atoms with E-state index in [9.17, 15) is 57.1 Å². The molecule has 1 heterocycles. The number of nitrogens with zero attached hydrogens (tertiary/aromatic N) is 2. The third-order valence-corrected chi connectivity index (χ3v) is 5.86. The van der Waals surface area contributed by atoms with Gasteiger partial charge in [-0.3, -0.25) is 0 Å². The molecular formula is C25H25F13N2O2. The van der Waals surface area contributed by atoms with Crippen molar-refractivity contribution in [3.8, 4) is 17.1 Å². The largest absolute Gasteiger partial charge is 0.487 e. The number of benzene rings is 1. The van der Waals surface area contributed by atoms with E-state index in [0.717, 1.165) is 56.2 Å². The summed E-state index contributed by atoms with van der Waals surface area (Å²) in [6.45, 7) is -0.415. The van der Waals surface area contributed by atoms with Gasteiger partial charge in [-0.2, -0.15) is 57.1 Å². The summed E-state index contributed by atoms with van der Waals surface area (Å²) in [5, 5.41) is 0. The monoisotopic (exact) mass is 632 g/mol. The van der Waals surface area contributed by atoms with Crippen LogP contribution in [0.15, 0.2) is 36.7 Å². The Morgan fingerprint density at radius 3 is 1.69 bits per heavy atom. The molecule has 0 radical (unpaired) electrons. The fraction of sp³-hybridized carbons (Fsp3) is 0.600. The van der Waals surface area contributed by atoms with Crippen LogP contribution in [0, 0.1) is 0 Å². The lowest BCUT2D eigenvalue weighted by Gasteiger charge is -2.36. The van der Waals surface area contributed by atoms with Crippen molar-refractivity contribution in [1.29, 1.82) is 0 Å². The lowest BCUT2D eigenvalue weighted by atomic mass is 10.1. The summed E-state index contributed by atoms with van der Waals surface area (Å²) in [5.41, 5.74) is 1.19. The van der Waals surface area contributed by atoms with Crippen LogP contribution in [0.4, 0.5) is 57.1 Å². The van der Waals surface area contributed by atoms with Crippen LogP contribution in [0.3, 0.4) is 0 Å². The smallest absolute Gasteiger partial charge is 0.460 e. The fourth-order valence-electron chi connectivity index (χ4n) is 3.36. The average molecular weight is 632 g/mol. The summed E-state index contributed by atoms with van der Waals surface area (Å²) >= 11 is 0. The molecule has 42 heavy (non-hydrogen) atoms. The highest BCUT2D eigenvalue weighted by molar-refractivity contribution is 5.55. The molecule has 0 fully saturated rings. The first-order valence-corrected chi connectivity index (χ1v) is 12.4. The van der Waals surface area contributed by atoms with Crippen molar-refractivity contribution in [1.82, 2.24) is 9.97 Å². The van der Waals surface area contributed by atoms with Gasteiger partial charge >= 0.3 is 36.2 Å². The lowest BCUT2D eigenvalue weighted by molar-refractivity contribution is -0.502. The first-order chi connectivity index (χ1) is 19.2. The quantitative estimate of drug-likeness (QED) is 0.137. The SMILES string of the molecule is CCCCCCCCc1cnc(-c2ccc(OCC(F)(F)C(F)(F)OC(F)(F)C(F)(F)C(F)(F)C(F)(F)F)cc2)nc1. The van der Waals surface area contributed by atoms with Gasteiger partial charge in [-0.25, -0.2) is 14.7 Å². The van der Waals surface area contributed by atoms with Gasteiger partial charge < -0.3 is 4.74 Å². The molecule has 4 nitrogen and oxygen atoms in total. The molecule has 0 atom stereocenters. The first-order valence-electron chi connectivity index (χ1n) is 12.4. The Labute approximate surface area is 231 Å². The van der Waals surface area contributed by atoms with Crippen molar-refractivity contribution in [3.63, 3.8) is 0 Å². The Bertz CT molecular complexity index is 1120. The van der Waals surface area contributed by atoms with Crippen LogP contribution in [0.2, 0.25) is 0 Å². The van der Waals surface area contributed by atoms with Crippen molar-refractivity contribution in [3.05, 3.63) is 42.2 Å². The van der Waals surface area contributed by atoms with Gasteiger partial charge in [0.15, 0.2) is 12.4 Å². The van der Waals surface area contributed by atoms with Gasteiger partial charge in [0, 0.05) is 18.0 Å². The number of aromatic nitrogens is 2. The van der Waals surface area contributed by atoms with E-state index in [-0.39, 0.29) is 5.82 Å². The molecule has 0 saturated heterocycles. The topological polar surface area (TPSA) is 44.2 Å². The molecule has 0 amide bonds. The van der Waals surface area contributed by atoms with E-state index in [2.05, 4.69) is 21.6 Å².